The monoisotopic (exact) mass is 218 g/mol. The number of rotatable bonds is 0. The average molecular weight is 218 g/mol. The number of thiophene rings is 1. The van der Waals surface area contributed by atoms with Crippen LogP contribution in [0.3, 0.4) is 0 Å². The summed E-state index contributed by atoms with van der Waals surface area (Å²) in [5.74, 6) is 0. The molecule has 1 heterocycles. The molecule has 2 nitrogen and oxygen atoms in total. The summed E-state index contributed by atoms with van der Waals surface area (Å²) in [6.07, 6.45) is 1.96. The molecule has 0 aliphatic heterocycles. The summed E-state index contributed by atoms with van der Waals surface area (Å²) in [4.78, 5) is 0. The maximum Gasteiger partial charge on any atom is 0.109 e. The zero-order valence-electron chi connectivity index (χ0n) is 7.92. The van der Waals surface area contributed by atoms with Gasteiger partial charge in [0.15, 0.2) is 0 Å². The Morgan fingerprint density at radius 2 is 2.00 bits per heavy atom. The van der Waals surface area contributed by atoms with Crippen molar-refractivity contribution in [2.75, 3.05) is 0 Å². The van der Waals surface area contributed by atoms with Gasteiger partial charge in [-0.1, -0.05) is 24.3 Å². The van der Waals surface area contributed by atoms with Gasteiger partial charge in [0, 0.05) is 4.70 Å². The summed E-state index contributed by atoms with van der Waals surface area (Å²) in [6.45, 7) is 0. The zero-order chi connectivity index (χ0) is 10.4. The van der Waals surface area contributed by atoms with Gasteiger partial charge < -0.3 is 10.2 Å². The van der Waals surface area contributed by atoms with Crippen molar-refractivity contribution in [3.05, 3.63) is 40.8 Å². The van der Waals surface area contributed by atoms with E-state index in [1.165, 1.54) is 10.1 Å². The van der Waals surface area contributed by atoms with Crippen LogP contribution in [-0.2, 0) is 0 Å². The summed E-state index contributed by atoms with van der Waals surface area (Å²) in [6, 6.07) is 5.94. The van der Waals surface area contributed by atoms with E-state index in [4.69, 9.17) is 0 Å². The minimum atomic E-state index is -0.795. The van der Waals surface area contributed by atoms with Gasteiger partial charge in [0.1, 0.15) is 12.2 Å². The molecule has 2 N–H and O–H groups in total. The number of aliphatic hydroxyl groups is 2. The molecule has 0 radical (unpaired) electrons. The first-order chi connectivity index (χ1) is 7.27. The lowest BCUT2D eigenvalue weighted by atomic mass is 9.92. The van der Waals surface area contributed by atoms with E-state index in [9.17, 15) is 10.2 Å². The van der Waals surface area contributed by atoms with Crippen molar-refractivity contribution in [1.82, 2.24) is 0 Å². The minimum Gasteiger partial charge on any atom is -0.386 e. The van der Waals surface area contributed by atoms with E-state index in [0.717, 1.165) is 11.1 Å². The fourth-order valence-corrected chi connectivity index (χ4v) is 2.92. The van der Waals surface area contributed by atoms with Gasteiger partial charge in [-0.2, -0.15) is 0 Å². The second-order valence-electron chi connectivity index (χ2n) is 3.70. The Morgan fingerprint density at radius 3 is 2.87 bits per heavy atom. The number of fused-ring (bicyclic) bond motifs is 3. The van der Waals surface area contributed by atoms with Gasteiger partial charge in [-0.05, 0) is 28.0 Å². The first-order valence-electron chi connectivity index (χ1n) is 4.82. The molecule has 2 atom stereocenters. The summed E-state index contributed by atoms with van der Waals surface area (Å²) < 4.78 is 1.18. The third-order valence-electron chi connectivity index (χ3n) is 2.80. The van der Waals surface area contributed by atoms with Crippen LogP contribution in [-0.4, -0.2) is 16.3 Å². The van der Waals surface area contributed by atoms with Gasteiger partial charge in [0.25, 0.3) is 0 Å². The van der Waals surface area contributed by atoms with Crippen LogP contribution in [0.25, 0.3) is 16.2 Å². The van der Waals surface area contributed by atoms with Crippen LogP contribution >= 0.6 is 11.3 Å². The third-order valence-corrected chi connectivity index (χ3v) is 3.76. The van der Waals surface area contributed by atoms with Crippen molar-refractivity contribution in [3.63, 3.8) is 0 Å². The lowest BCUT2D eigenvalue weighted by Crippen LogP contribution is -2.19. The van der Waals surface area contributed by atoms with Crippen LogP contribution in [0.15, 0.2) is 29.7 Å². The lowest BCUT2D eigenvalue weighted by Gasteiger charge is -2.21. The smallest absolute Gasteiger partial charge is 0.109 e. The van der Waals surface area contributed by atoms with E-state index in [2.05, 4.69) is 6.07 Å². The Kier molecular flexibility index (Phi) is 1.92. The highest BCUT2D eigenvalue weighted by atomic mass is 32.1. The molecule has 3 heteroatoms. The Hall–Kier alpha value is -1.16. The molecule has 0 fully saturated rings. The second-order valence-corrected chi connectivity index (χ2v) is 4.62. The van der Waals surface area contributed by atoms with E-state index in [1.54, 1.807) is 17.4 Å². The largest absolute Gasteiger partial charge is 0.386 e. The molecule has 1 aromatic carbocycles. The molecule has 2 aromatic rings. The van der Waals surface area contributed by atoms with E-state index in [1.807, 2.05) is 23.6 Å². The Balaban J connectivity index is 2.34. The zero-order valence-corrected chi connectivity index (χ0v) is 8.74. The van der Waals surface area contributed by atoms with Crippen LogP contribution in [0.2, 0.25) is 0 Å². The molecular formula is C12H10O2S. The summed E-state index contributed by atoms with van der Waals surface area (Å²) >= 11 is 1.66. The molecule has 15 heavy (non-hydrogen) atoms. The molecule has 0 saturated carbocycles. The predicted molar refractivity (Wildman–Crippen MR) is 61.8 cm³/mol. The van der Waals surface area contributed by atoms with Gasteiger partial charge in [-0.25, -0.2) is 0 Å². The van der Waals surface area contributed by atoms with Gasteiger partial charge in [-0.3, -0.25) is 0 Å². The molecule has 0 saturated heterocycles. The van der Waals surface area contributed by atoms with Crippen molar-refractivity contribution in [1.29, 1.82) is 0 Å². The molecule has 0 spiro atoms. The molecule has 76 valence electrons. The van der Waals surface area contributed by atoms with Crippen LogP contribution in [0.4, 0.5) is 0 Å². The maximum absolute atomic E-state index is 9.83. The molecule has 1 aliphatic rings. The number of hydrogen-bond acceptors (Lipinski definition) is 3. The van der Waals surface area contributed by atoms with Gasteiger partial charge >= 0.3 is 0 Å². The molecular weight excluding hydrogens is 208 g/mol. The SMILES string of the molecule is O[C@H]1C=Cc2c(ccc3ccsc23)[C@@H]1O. The number of hydrogen-bond donors (Lipinski definition) is 2. The van der Waals surface area contributed by atoms with Crippen LogP contribution in [0.1, 0.15) is 17.2 Å². The summed E-state index contributed by atoms with van der Waals surface area (Å²) in [5.41, 5.74) is 1.86. The highest BCUT2D eigenvalue weighted by Gasteiger charge is 2.23. The first-order valence-corrected chi connectivity index (χ1v) is 5.70. The second kappa shape index (κ2) is 3.17. The summed E-state index contributed by atoms with van der Waals surface area (Å²) in [7, 11) is 0. The predicted octanol–water partition coefficient (Wildman–Crippen LogP) is 2.32. The van der Waals surface area contributed by atoms with Gasteiger partial charge in [0.2, 0.25) is 0 Å². The van der Waals surface area contributed by atoms with E-state index < -0.39 is 12.2 Å². The van der Waals surface area contributed by atoms with Gasteiger partial charge in [-0.15, -0.1) is 11.3 Å². The molecule has 1 aromatic heterocycles. The lowest BCUT2D eigenvalue weighted by molar-refractivity contribution is 0.0471. The van der Waals surface area contributed by atoms with Crippen molar-refractivity contribution in [3.8, 4) is 0 Å². The van der Waals surface area contributed by atoms with Crippen molar-refractivity contribution in [2.24, 2.45) is 0 Å². The molecule has 0 amide bonds. The van der Waals surface area contributed by atoms with Crippen LogP contribution in [0, 0.1) is 0 Å². The van der Waals surface area contributed by atoms with Crippen LogP contribution < -0.4 is 0 Å². The number of benzene rings is 1. The van der Waals surface area contributed by atoms with E-state index in [0.29, 0.717) is 0 Å². The molecule has 0 bridgehead atoms. The Bertz CT molecular complexity index is 542. The minimum absolute atomic E-state index is 0.782. The Morgan fingerprint density at radius 1 is 1.13 bits per heavy atom. The van der Waals surface area contributed by atoms with Crippen LogP contribution in [0.5, 0.6) is 0 Å². The summed E-state index contributed by atoms with van der Waals surface area (Å²) in [5, 5.41) is 22.6. The normalized spacial score (nSPS) is 24.4. The van der Waals surface area contributed by atoms with Crippen molar-refractivity contribution in [2.45, 2.75) is 12.2 Å². The topological polar surface area (TPSA) is 40.5 Å². The fourth-order valence-electron chi connectivity index (χ4n) is 1.98. The van der Waals surface area contributed by atoms with Crippen molar-refractivity contribution >= 4 is 27.5 Å². The number of aliphatic hydroxyl groups excluding tert-OH is 2. The highest BCUT2D eigenvalue weighted by Crippen LogP contribution is 2.35. The van der Waals surface area contributed by atoms with E-state index in [-0.39, 0.29) is 0 Å². The van der Waals surface area contributed by atoms with Crippen molar-refractivity contribution < 1.29 is 10.2 Å². The molecule has 1 aliphatic carbocycles. The first kappa shape index (κ1) is 9.09. The maximum atomic E-state index is 9.83. The quantitative estimate of drug-likeness (QED) is 0.712. The molecule has 3 rings (SSSR count). The van der Waals surface area contributed by atoms with Gasteiger partial charge in [0.05, 0.1) is 0 Å². The standard InChI is InChI=1S/C12H10O2S/c13-10-4-3-9-8(11(10)14)2-1-7-5-6-15-12(7)9/h1-6,10-11,13-14H/t10-,11-/m0/s1. The molecule has 0 unspecified atom stereocenters. The Labute approximate surface area is 91.1 Å². The van der Waals surface area contributed by atoms with E-state index >= 15 is 0 Å². The third kappa shape index (κ3) is 1.24. The fraction of sp³-hybridized carbons (Fsp3) is 0.167. The average Bonchev–Trinajstić information content (AvgIpc) is 2.71. The highest BCUT2D eigenvalue weighted by molar-refractivity contribution is 7.17.